The van der Waals surface area contributed by atoms with E-state index in [0.717, 1.165) is 12.8 Å². The third-order valence-corrected chi connectivity index (χ3v) is 2.27. The second kappa shape index (κ2) is 7.01. The van der Waals surface area contributed by atoms with Crippen molar-refractivity contribution < 1.29 is 9.32 Å². The maximum atomic E-state index is 11.5. The van der Waals surface area contributed by atoms with Gasteiger partial charge in [0, 0.05) is 13.0 Å². The fraction of sp³-hybridized carbons (Fsp3) is 0.727. The van der Waals surface area contributed by atoms with E-state index in [0.29, 0.717) is 18.3 Å². The molecular weight excluding hydrogens is 220 g/mol. The zero-order chi connectivity index (χ0) is 12.7. The lowest BCUT2D eigenvalue weighted by Gasteiger charge is -2.12. The molecule has 0 spiro atoms. The molecule has 1 amide bonds. The number of nitrogens with zero attached hydrogens (tertiary/aromatic N) is 2. The number of aryl methyl sites for hydroxylation is 1. The fourth-order valence-electron chi connectivity index (χ4n) is 1.53. The molecule has 0 saturated heterocycles. The SMILES string of the molecule is CCCC(C)NC(=O)CNCc1noc(C)n1. The molecular formula is C11H20N4O2. The van der Waals surface area contributed by atoms with Crippen LogP contribution in [-0.4, -0.2) is 28.6 Å². The van der Waals surface area contributed by atoms with Crippen LogP contribution in [0.2, 0.25) is 0 Å². The van der Waals surface area contributed by atoms with E-state index in [1.807, 2.05) is 6.92 Å². The van der Waals surface area contributed by atoms with Crippen LogP contribution in [-0.2, 0) is 11.3 Å². The van der Waals surface area contributed by atoms with Crippen molar-refractivity contribution in [3.05, 3.63) is 11.7 Å². The Balaban J connectivity index is 2.16. The predicted octanol–water partition coefficient (Wildman–Crippen LogP) is 0.772. The van der Waals surface area contributed by atoms with Gasteiger partial charge in [0.25, 0.3) is 0 Å². The Morgan fingerprint density at radius 1 is 1.53 bits per heavy atom. The second-order valence-electron chi connectivity index (χ2n) is 4.09. The lowest BCUT2D eigenvalue weighted by Crippen LogP contribution is -2.38. The van der Waals surface area contributed by atoms with Gasteiger partial charge in [0.2, 0.25) is 11.8 Å². The van der Waals surface area contributed by atoms with E-state index in [2.05, 4.69) is 27.7 Å². The van der Waals surface area contributed by atoms with Gasteiger partial charge in [-0.1, -0.05) is 18.5 Å². The summed E-state index contributed by atoms with van der Waals surface area (Å²) >= 11 is 0. The van der Waals surface area contributed by atoms with E-state index in [-0.39, 0.29) is 18.5 Å². The van der Waals surface area contributed by atoms with Crippen molar-refractivity contribution in [1.29, 1.82) is 0 Å². The van der Waals surface area contributed by atoms with Crippen LogP contribution in [0.4, 0.5) is 0 Å². The van der Waals surface area contributed by atoms with Crippen molar-refractivity contribution in [1.82, 2.24) is 20.8 Å². The molecule has 0 fully saturated rings. The summed E-state index contributed by atoms with van der Waals surface area (Å²) in [5.41, 5.74) is 0. The van der Waals surface area contributed by atoms with E-state index in [1.165, 1.54) is 0 Å². The number of nitrogens with one attached hydrogen (secondary N) is 2. The Kier molecular flexibility index (Phi) is 5.62. The van der Waals surface area contributed by atoms with E-state index in [4.69, 9.17) is 4.52 Å². The van der Waals surface area contributed by atoms with Crippen molar-refractivity contribution in [3.63, 3.8) is 0 Å². The molecule has 1 unspecified atom stereocenters. The first-order chi connectivity index (χ1) is 8.11. The number of carbonyl (C=O) groups is 1. The van der Waals surface area contributed by atoms with Crippen molar-refractivity contribution >= 4 is 5.91 Å². The van der Waals surface area contributed by atoms with E-state index in [1.54, 1.807) is 6.92 Å². The molecule has 6 nitrogen and oxygen atoms in total. The molecule has 0 aliphatic carbocycles. The third-order valence-electron chi connectivity index (χ3n) is 2.27. The number of rotatable bonds is 7. The quantitative estimate of drug-likeness (QED) is 0.736. The van der Waals surface area contributed by atoms with Gasteiger partial charge in [-0.05, 0) is 13.3 Å². The van der Waals surface area contributed by atoms with E-state index < -0.39 is 0 Å². The highest BCUT2D eigenvalue weighted by Crippen LogP contribution is 1.95. The molecule has 1 heterocycles. The fourth-order valence-corrected chi connectivity index (χ4v) is 1.53. The number of amides is 1. The summed E-state index contributed by atoms with van der Waals surface area (Å²) in [4.78, 5) is 15.5. The number of hydrogen-bond donors (Lipinski definition) is 2. The van der Waals surface area contributed by atoms with Gasteiger partial charge in [0.1, 0.15) is 0 Å². The van der Waals surface area contributed by atoms with Crippen LogP contribution in [0.3, 0.4) is 0 Å². The smallest absolute Gasteiger partial charge is 0.234 e. The van der Waals surface area contributed by atoms with Crippen LogP contribution in [0, 0.1) is 6.92 Å². The lowest BCUT2D eigenvalue weighted by molar-refractivity contribution is -0.120. The van der Waals surface area contributed by atoms with Gasteiger partial charge in [-0.3, -0.25) is 4.79 Å². The van der Waals surface area contributed by atoms with Crippen LogP contribution in [0.25, 0.3) is 0 Å². The van der Waals surface area contributed by atoms with Crippen LogP contribution < -0.4 is 10.6 Å². The number of aromatic nitrogens is 2. The first-order valence-electron chi connectivity index (χ1n) is 5.91. The minimum absolute atomic E-state index is 0.00818. The molecule has 2 N–H and O–H groups in total. The maximum absolute atomic E-state index is 11.5. The van der Waals surface area contributed by atoms with Crippen LogP contribution in [0.1, 0.15) is 38.4 Å². The molecule has 0 aromatic carbocycles. The van der Waals surface area contributed by atoms with Gasteiger partial charge in [-0.2, -0.15) is 4.98 Å². The molecule has 1 rings (SSSR count). The zero-order valence-corrected chi connectivity index (χ0v) is 10.6. The molecule has 0 bridgehead atoms. The first-order valence-corrected chi connectivity index (χ1v) is 5.91. The molecule has 1 aromatic rings. The minimum atomic E-state index is -0.00818. The summed E-state index contributed by atoms with van der Waals surface area (Å²) in [6.45, 7) is 6.54. The average molecular weight is 240 g/mol. The standard InChI is InChI=1S/C11H20N4O2/c1-4-5-8(2)13-11(16)7-12-6-10-14-9(3)17-15-10/h8,12H,4-7H2,1-3H3,(H,13,16). The Morgan fingerprint density at radius 2 is 2.29 bits per heavy atom. The summed E-state index contributed by atoms with van der Waals surface area (Å²) in [5, 5.41) is 9.59. The van der Waals surface area contributed by atoms with E-state index >= 15 is 0 Å². The summed E-state index contributed by atoms with van der Waals surface area (Å²) in [6.07, 6.45) is 2.06. The maximum Gasteiger partial charge on any atom is 0.234 e. The molecule has 6 heteroatoms. The van der Waals surface area contributed by atoms with E-state index in [9.17, 15) is 4.79 Å². The zero-order valence-electron chi connectivity index (χ0n) is 10.6. The largest absolute Gasteiger partial charge is 0.353 e. The molecule has 1 aromatic heterocycles. The summed E-state index contributed by atoms with van der Waals surface area (Å²) in [7, 11) is 0. The van der Waals surface area contributed by atoms with Crippen molar-refractivity contribution in [2.75, 3.05) is 6.54 Å². The van der Waals surface area contributed by atoms with Gasteiger partial charge in [-0.25, -0.2) is 0 Å². The molecule has 0 radical (unpaired) electrons. The van der Waals surface area contributed by atoms with Crippen molar-refractivity contribution in [2.45, 2.75) is 46.2 Å². The normalized spacial score (nSPS) is 12.4. The minimum Gasteiger partial charge on any atom is -0.353 e. The molecule has 96 valence electrons. The van der Waals surface area contributed by atoms with Gasteiger partial charge >= 0.3 is 0 Å². The Hall–Kier alpha value is -1.43. The second-order valence-corrected chi connectivity index (χ2v) is 4.09. The highest BCUT2D eigenvalue weighted by molar-refractivity contribution is 5.78. The third kappa shape index (κ3) is 5.44. The Bertz CT molecular complexity index is 351. The summed E-state index contributed by atoms with van der Waals surface area (Å²) in [5.74, 6) is 1.09. The van der Waals surface area contributed by atoms with Gasteiger partial charge in [0.05, 0.1) is 13.1 Å². The highest BCUT2D eigenvalue weighted by Gasteiger charge is 2.07. The number of carbonyl (C=O) groups excluding carboxylic acids is 1. The topological polar surface area (TPSA) is 80.0 Å². The molecule has 0 saturated carbocycles. The lowest BCUT2D eigenvalue weighted by atomic mass is 10.2. The summed E-state index contributed by atoms with van der Waals surface area (Å²) < 4.78 is 4.82. The van der Waals surface area contributed by atoms with Crippen LogP contribution >= 0.6 is 0 Å². The Labute approximate surface area is 101 Å². The molecule has 0 aliphatic heterocycles. The number of hydrogen-bond acceptors (Lipinski definition) is 5. The van der Waals surface area contributed by atoms with Crippen molar-refractivity contribution in [3.8, 4) is 0 Å². The van der Waals surface area contributed by atoms with Gasteiger partial charge in [-0.15, -0.1) is 0 Å². The monoisotopic (exact) mass is 240 g/mol. The highest BCUT2D eigenvalue weighted by atomic mass is 16.5. The molecule has 17 heavy (non-hydrogen) atoms. The molecule has 0 aliphatic rings. The Morgan fingerprint density at radius 3 is 2.88 bits per heavy atom. The van der Waals surface area contributed by atoms with Crippen LogP contribution in [0.5, 0.6) is 0 Å². The average Bonchev–Trinajstić information content (AvgIpc) is 2.64. The summed E-state index contributed by atoms with van der Waals surface area (Å²) in [6, 6.07) is 0.224. The predicted molar refractivity (Wildman–Crippen MR) is 63.3 cm³/mol. The van der Waals surface area contributed by atoms with Crippen molar-refractivity contribution in [2.24, 2.45) is 0 Å². The van der Waals surface area contributed by atoms with Gasteiger partial charge in [0.15, 0.2) is 5.82 Å². The van der Waals surface area contributed by atoms with Crippen LogP contribution in [0.15, 0.2) is 4.52 Å². The first kappa shape index (κ1) is 13.6. The van der Waals surface area contributed by atoms with Gasteiger partial charge < -0.3 is 15.2 Å². The molecule has 1 atom stereocenters.